The van der Waals surface area contributed by atoms with Gasteiger partial charge in [0.2, 0.25) is 11.9 Å². The number of aromatic nitrogens is 8. The van der Waals surface area contributed by atoms with Gasteiger partial charge < -0.3 is 51.4 Å². The molecule has 2 aromatic carbocycles. The highest BCUT2D eigenvalue weighted by Crippen LogP contribution is 2.54. The first-order valence-corrected chi connectivity index (χ1v) is 40.9. The summed E-state index contributed by atoms with van der Waals surface area (Å²) in [6, 6.07) is 17.5. The second-order valence-electron chi connectivity index (χ2n) is 26.9. The highest BCUT2D eigenvalue weighted by Gasteiger charge is 2.68. The minimum absolute atomic E-state index is 0. The van der Waals surface area contributed by atoms with Crippen LogP contribution in [0.15, 0.2) is 98.6 Å². The fraction of sp³-hybridized carbons (Fsp3) is 0.569. The van der Waals surface area contributed by atoms with Crippen LogP contribution >= 0.6 is 34.8 Å². The van der Waals surface area contributed by atoms with E-state index < -0.39 is 93.5 Å². The van der Waals surface area contributed by atoms with Crippen LogP contribution in [-0.4, -0.2) is 143 Å². The molecule has 1 amide bonds. The Morgan fingerprint density at radius 1 is 0.596 bits per heavy atom. The number of fused-ring (bicyclic) bond motifs is 4. The topological polar surface area (TPSA) is 274 Å². The summed E-state index contributed by atoms with van der Waals surface area (Å²) in [4.78, 5) is 49.4. The Morgan fingerprint density at radius 2 is 0.957 bits per heavy atom. The van der Waals surface area contributed by atoms with Crippen molar-refractivity contribution in [2.45, 2.75) is 223 Å². The van der Waals surface area contributed by atoms with Crippen LogP contribution in [0.3, 0.4) is 0 Å². The Bertz CT molecular complexity index is 3560. The Kier molecular flexibility index (Phi) is 25.0. The van der Waals surface area contributed by atoms with Gasteiger partial charge in [0.05, 0.1) is 25.9 Å². The third-order valence-corrected chi connectivity index (χ3v) is 39.5. The molecule has 22 nitrogen and oxygen atoms in total. The zero-order valence-electron chi connectivity index (χ0n) is 56.2. The van der Waals surface area contributed by atoms with E-state index in [1.807, 2.05) is 12.1 Å². The fourth-order valence-electron chi connectivity index (χ4n) is 13.5. The van der Waals surface area contributed by atoms with E-state index in [1.54, 1.807) is 69.8 Å². The van der Waals surface area contributed by atoms with Gasteiger partial charge in [0.15, 0.2) is 34.1 Å². The van der Waals surface area contributed by atoms with Crippen molar-refractivity contribution in [1.29, 1.82) is 0 Å². The summed E-state index contributed by atoms with van der Waals surface area (Å²) in [6.45, 7) is 42.7. The van der Waals surface area contributed by atoms with Crippen LogP contribution in [0.1, 0.15) is 164 Å². The predicted octanol–water partition coefficient (Wildman–Crippen LogP) is 14.8. The van der Waals surface area contributed by atoms with Crippen molar-refractivity contribution < 1.29 is 55.2 Å². The SMILES string of the molecule is C.C=CC[C@@]1(O)C2O[Si](C(C)C)(C(C)C)O[Si](C(C)C)(C(C)C)OCC2OC1n1cnc2c(Cl)nc(N)nc21.C=CC[C@@]1(O)C2O[Si](C(C)C)(C(C)C)O[Si](C(C)C)(C(C)C)OCC2OC1n1cnc2c(Cl)nc(NC(=O)c3ccccc3)nc21.O=C(Cl)c1ccccc1. The quantitative estimate of drug-likeness (QED) is 0.0286. The van der Waals surface area contributed by atoms with Crippen LogP contribution < -0.4 is 11.1 Å². The number of nitrogens with two attached hydrogens (primary N) is 1. The Morgan fingerprint density at radius 3 is 1.31 bits per heavy atom. The number of carbonyl (C=O) groups is 2. The van der Waals surface area contributed by atoms with Crippen molar-refractivity contribution in [1.82, 2.24) is 39.0 Å². The molecule has 8 heterocycles. The van der Waals surface area contributed by atoms with Crippen LogP contribution in [0.5, 0.6) is 0 Å². The second kappa shape index (κ2) is 30.6. The van der Waals surface area contributed by atoms with Crippen molar-refractivity contribution in [3.63, 3.8) is 0 Å². The first-order chi connectivity index (χ1) is 43.7. The lowest BCUT2D eigenvalue weighted by Gasteiger charge is -2.52. The summed E-state index contributed by atoms with van der Waals surface area (Å²) in [5.41, 5.74) is 6.10. The smallest absolute Gasteiger partial charge is 0.335 e. The molecule has 0 radical (unpaired) electrons. The number of halogens is 3. The molecule has 94 heavy (non-hydrogen) atoms. The number of aliphatic hydroxyl groups is 2. The first kappa shape index (κ1) is 76.7. The molecule has 4 aromatic heterocycles. The van der Waals surface area contributed by atoms with E-state index in [1.165, 1.54) is 12.7 Å². The molecule has 6 unspecified atom stereocenters. The van der Waals surface area contributed by atoms with Gasteiger partial charge >= 0.3 is 34.2 Å². The third kappa shape index (κ3) is 14.6. The highest BCUT2D eigenvalue weighted by molar-refractivity contribution is 6.84. The third-order valence-electron chi connectivity index (χ3n) is 18.3. The maximum absolute atomic E-state index is 12.9. The molecule has 4 aliphatic rings. The molecule has 516 valence electrons. The first-order valence-electron chi connectivity index (χ1n) is 31.9. The van der Waals surface area contributed by atoms with Crippen molar-refractivity contribution in [2.75, 3.05) is 24.3 Å². The number of rotatable bonds is 17. The van der Waals surface area contributed by atoms with E-state index in [0.29, 0.717) is 27.8 Å². The van der Waals surface area contributed by atoms with Gasteiger partial charge in [0, 0.05) is 24.0 Å². The summed E-state index contributed by atoms with van der Waals surface area (Å²) >= 11 is 18.0. The molecule has 0 bridgehead atoms. The molecule has 0 aliphatic carbocycles. The largest absolute Gasteiger partial charge is 0.414 e. The number of carbonyl (C=O) groups excluding carboxylic acids is 2. The molecule has 29 heteroatoms. The van der Waals surface area contributed by atoms with Gasteiger partial charge in [-0.1, -0.05) is 202 Å². The predicted molar refractivity (Wildman–Crippen MR) is 378 cm³/mol. The molecular formula is C65H97Cl3N10O12Si4. The molecular weight excluding hydrogens is 1330 g/mol. The standard InChI is InChI=1S/C32H46ClN5O6Si2.C25H42ClN5O5Si2.C7H5ClO.CH4/c1-10-16-32(40)26-24(17-41-45(19(2)3,20(4)5)44-46(43-26,21(6)7)22(8)9)42-30(32)38-18-34-25-27(33)35-31(36-28(25)38)37-29(39)23-14-12-11-13-15-23;1-10-11-25(32)20-18(34-23(25)31-13-28-19-21(26)29-24(27)30-22(19)31)12-33-37(14(2)3,15(4)5)36-38(35-20,16(6)7)17(8)9;8-7(9)6-4-2-1-3-5-6;/h10-15,18-22,24,26,30,40H,1,16-17H2,2-9H3,(H,35,36,37,39);10,13-18,20,23,32H,1,11-12H2,2-9H3,(H2,27,29,30);1-5H;1H4/t24?,26?,30?,32-;18?,20?,23?,25-;;/m11../s1. The Labute approximate surface area is 573 Å². The van der Waals surface area contributed by atoms with Crippen molar-refractivity contribution in [2.24, 2.45) is 0 Å². The molecule has 4 fully saturated rings. The normalized spacial score (nSPS) is 25.4. The molecule has 0 spiro atoms. The molecule has 4 saturated heterocycles. The number of benzene rings is 2. The number of nitrogen functional groups attached to an aromatic ring is 1. The van der Waals surface area contributed by atoms with E-state index in [0.717, 1.165) is 0 Å². The molecule has 5 N–H and O–H groups in total. The lowest BCUT2D eigenvalue weighted by Crippen LogP contribution is -2.67. The molecule has 0 saturated carbocycles. The number of amides is 1. The number of nitrogens with zero attached hydrogens (tertiary/aromatic N) is 8. The maximum Gasteiger partial charge on any atom is 0.335 e. The summed E-state index contributed by atoms with van der Waals surface area (Å²) in [7, 11) is -11.7. The van der Waals surface area contributed by atoms with Crippen molar-refractivity contribution in [3.05, 3.63) is 120 Å². The van der Waals surface area contributed by atoms with E-state index in [9.17, 15) is 19.8 Å². The Balaban J connectivity index is 0.000000235. The van der Waals surface area contributed by atoms with Crippen LogP contribution in [0.2, 0.25) is 54.6 Å². The van der Waals surface area contributed by atoms with Gasteiger partial charge in [-0.25, -0.2) is 9.97 Å². The zero-order valence-corrected chi connectivity index (χ0v) is 62.4. The average Bonchev–Trinajstić information content (AvgIpc) is 1.52. The molecule has 10 rings (SSSR count). The van der Waals surface area contributed by atoms with Gasteiger partial charge in [0.1, 0.15) is 46.7 Å². The van der Waals surface area contributed by atoms with Crippen LogP contribution in [-0.2, 0) is 35.4 Å². The number of imidazole rings is 2. The minimum Gasteiger partial charge on any atom is -0.414 e. The second-order valence-corrected chi connectivity index (χ2v) is 45.6. The zero-order chi connectivity index (χ0) is 68.5. The van der Waals surface area contributed by atoms with Crippen LogP contribution in [0.4, 0.5) is 11.9 Å². The number of hydrogen-bond acceptors (Lipinski definition) is 19. The Hall–Kier alpha value is -4.70. The van der Waals surface area contributed by atoms with E-state index >= 15 is 0 Å². The van der Waals surface area contributed by atoms with Crippen molar-refractivity contribution in [3.8, 4) is 0 Å². The summed E-state index contributed by atoms with van der Waals surface area (Å²) < 4.78 is 59.4. The lowest BCUT2D eigenvalue weighted by atomic mass is 9.90. The van der Waals surface area contributed by atoms with Gasteiger partial charge in [-0.3, -0.25) is 24.0 Å². The summed E-state index contributed by atoms with van der Waals surface area (Å²) in [5.74, 6) is -0.393. The fourth-order valence-corrected chi connectivity index (χ4v) is 36.6. The molecule has 6 aromatic rings. The molecule has 4 aliphatic heterocycles. The van der Waals surface area contributed by atoms with Crippen LogP contribution in [0.25, 0.3) is 22.3 Å². The molecule has 8 atom stereocenters. The average molecular weight is 1430 g/mol. The van der Waals surface area contributed by atoms with Gasteiger partial charge in [0.25, 0.3) is 11.1 Å². The van der Waals surface area contributed by atoms with Gasteiger partial charge in [-0.15, -0.1) is 13.2 Å². The van der Waals surface area contributed by atoms with Crippen LogP contribution in [0, 0.1) is 0 Å². The number of ether oxygens (including phenoxy) is 2. The monoisotopic (exact) mass is 1430 g/mol. The van der Waals surface area contributed by atoms with E-state index in [-0.39, 0.29) is 106 Å². The number of nitrogens with one attached hydrogen (secondary N) is 1. The highest BCUT2D eigenvalue weighted by atomic mass is 35.5. The number of hydrogen-bond donors (Lipinski definition) is 4. The van der Waals surface area contributed by atoms with E-state index in [2.05, 4.69) is 159 Å². The summed E-state index contributed by atoms with van der Waals surface area (Å²) in [6.07, 6.45) is 2.09. The van der Waals surface area contributed by atoms with Gasteiger partial charge in [-0.05, 0) is 68.1 Å². The lowest BCUT2D eigenvalue weighted by molar-refractivity contribution is -0.104. The minimum atomic E-state index is -3.08. The summed E-state index contributed by atoms with van der Waals surface area (Å²) in [5, 5.41) is 27.6. The van der Waals surface area contributed by atoms with Gasteiger partial charge in [-0.2, -0.15) is 19.9 Å². The van der Waals surface area contributed by atoms with E-state index in [4.69, 9.17) is 75.9 Å². The van der Waals surface area contributed by atoms with Crippen molar-refractivity contribution >= 4 is 114 Å². The number of anilines is 2. The maximum atomic E-state index is 12.9.